The van der Waals surface area contributed by atoms with Gasteiger partial charge in [0.05, 0.1) is 22.4 Å². The number of fused-ring (bicyclic) bond motifs is 7. The molecular weight excluding hydrogens is 931 g/mol. The molecule has 1 aromatic heterocycles. The average molecular weight is 986 g/mol. The fourth-order valence-electron chi connectivity index (χ4n) is 12.7. The Labute approximate surface area is 451 Å². The van der Waals surface area contributed by atoms with Gasteiger partial charge in [0.1, 0.15) is 0 Å². The topological polar surface area (TPSA) is 29.0 Å². The van der Waals surface area contributed by atoms with Gasteiger partial charge in [-0.05, 0) is 115 Å². The van der Waals surface area contributed by atoms with E-state index in [1.54, 1.807) is 0 Å². The Morgan fingerprint density at radius 3 is 0.987 bits per heavy atom. The van der Waals surface area contributed by atoms with E-state index in [4.69, 9.17) is 9.97 Å². The molecule has 0 atom stereocenters. The molecule has 2 aliphatic rings. The van der Waals surface area contributed by atoms with E-state index in [2.05, 4.69) is 293 Å². The number of rotatable bonds is 9. The van der Waals surface area contributed by atoms with Crippen molar-refractivity contribution in [3.05, 3.63) is 283 Å². The third-order valence-corrected chi connectivity index (χ3v) is 16.5. The molecule has 14 rings (SSSR count). The molecule has 0 bridgehead atoms. The summed E-state index contributed by atoms with van der Waals surface area (Å²) in [5.41, 5.74) is 27.4. The molecule has 2 aliphatic carbocycles. The van der Waals surface area contributed by atoms with Gasteiger partial charge < -0.3 is 4.90 Å². The van der Waals surface area contributed by atoms with E-state index >= 15 is 0 Å². The SMILES string of the molecule is CC1(C)c2ccccc2-c2ccc(-c3c(-c4ccc5c(c4)C(C)(C)c4ccccc4-5)c(-c4ccccc4)c4nc(-c5ccc(N(c6ccccc6)c6ccccc6)cc5)c(-c5ccccc5)nc4c3-c3ccccc3)cc21. The van der Waals surface area contributed by atoms with Gasteiger partial charge in [0.25, 0.3) is 0 Å². The number of hydrogen-bond donors (Lipinski definition) is 0. The molecule has 0 aliphatic heterocycles. The standard InChI is InChI=1S/C74H55N3/c1-73(2)61-36-22-20-34-57(61)59-44-40-52(46-63(59)73)65-66(53-41-45-60-58-35-21-23-37-62(58)74(3,4)64(60)47-53)68(49-26-12-6-13-27-49)72-71(67(65)48-24-10-5-11-25-48)75-69(50-28-14-7-15-29-50)70(76-72)51-38-42-56(43-39-51)77(54-30-16-8-17-31-54)55-32-18-9-19-33-55/h5-47H,1-4H3. The van der Waals surface area contributed by atoms with E-state index in [-0.39, 0.29) is 10.8 Å². The normalized spacial score (nSPS) is 13.4. The lowest BCUT2D eigenvalue weighted by atomic mass is 9.77. The highest BCUT2D eigenvalue weighted by molar-refractivity contribution is 6.17. The van der Waals surface area contributed by atoms with Crippen LogP contribution in [0.15, 0.2) is 261 Å². The maximum atomic E-state index is 6.06. The molecule has 0 spiro atoms. The van der Waals surface area contributed by atoms with E-state index in [1.165, 1.54) is 44.5 Å². The van der Waals surface area contributed by atoms with Crippen molar-refractivity contribution in [2.75, 3.05) is 4.90 Å². The van der Waals surface area contributed by atoms with Crippen molar-refractivity contribution in [1.29, 1.82) is 0 Å². The molecule has 12 aromatic rings. The lowest BCUT2D eigenvalue weighted by Crippen LogP contribution is -2.15. The Bertz CT molecular complexity index is 4180. The largest absolute Gasteiger partial charge is 0.311 e. The minimum Gasteiger partial charge on any atom is -0.311 e. The van der Waals surface area contributed by atoms with Crippen molar-refractivity contribution in [1.82, 2.24) is 9.97 Å². The number of aromatic nitrogens is 2. The molecule has 1 heterocycles. The molecule has 11 aromatic carbocycles. The number of anilines is 3. The van der Waals surface area contributed by atoms with Crippen LogP contribution in [-0.4, -0.2) is 9.97 Å². The smallest absolute Gasteiger partial charge is 0.0986 e. The Balaban J connectivity index is 1.11. The van der Waals surface area contributed by atoms with Crippen LogP contribution in [0.1, 0.15) is 49.9 Å². The molecule has 0 amide bonds. The van der Waals surface area contributed by atoms with E-state index in [0.717, 1.165) is 95.1 Å². The minimum absolute atomic E-state index is 0.221. The number of nitrogens with zero attached hydrogens (tertiary/aromatic N) is 3. The lowest BCUT2D eigenvalue weighted by Gasteiger charge is -2.27. The number of benzene rings is 11. The molecule has 0 unspecified atom stereocenters. The summed E-state index contributed by atoms with van der Waals surface area (Å²) in [6, 6.07) is 94.8. The van der Waals surface area contributed by atoms with Gasteiger partial charge in [-0.25, -0.2) is 9.97 Å². The van der Waals surface area contributed by atoms with Gasteiger partial charge in [-0.1, -0.05) is 240 Å². The average Bonchev–Trinajstić information content (AvgIpc) is 3.93. The second-order valence-electron chi connectivity index (χ2n) is 21.6. The summed E-state index contributed by atoms with van der Waals surface area (Å²) in [6.07, 6.45) is 0. The monoisotopic (exact) mass is 985 g/mol. The van der Waals surface area contributed by atoms with E-state index in [1.807, 2.05) is 0 Å². The van der Waals surface area contributed by atoms with Gasteiger partial charge in [0.2, 0.25) is 0 Å². The summed E-state index contributed by atoms with van der Waals surface area (Å²) in [4.78, 5) is 14.4. The third kappa shape index (κ3) is 7.48. The lowest BCUT2D eigenvalue weighted by molar-refractivity contribution is 0.660. The zero-order valence-corrected chi connectivity index (χ0v) is 43.7. The third-order valence-electron chi connectivity index (χ3n) is 16.5. The van der Waals surface area contributed by atoms with Crippen LogP contribution in [0.25, 0.3) is 100 Å². The van der Waals surface area contributed by atoms with Gasteiger partial charge in [0, 0.05) is 61.3 Å². The first-order chi connectivity index (χ1) is 37.7. The molecular formula is C74H55N3. The molecule has 77 heavy (non-hydrogen) atoms. The predicted molar refractivity (Wildman–Crippen MR) is 322 cm³/mol. The summed E-state index contributed by atoms with van der Waals surface area (Å²) in [6.45, 7) is 9.51. The van der Waals surface area contributed by atoms with Crippen LogP contribution in [0.2, 0.25) is 0 Å². The van der Waals surface area contributed by atoms with Crippen LogP contribution in [0, 0.1) is 0 Å². The van der Waals surface area contributed by atoms with Crippen molar-refractivity contribution in [3.63, 3.8) is 0 Å². The molecule has 366 valence electrons. The molecule has 0 saturated carbocycles. The summed E-state index contributed by atoms with van der Waals surface area (Å²) in [5, 5.41) is 0. The Morgan fingerprint density at radius 2 is 0.571 bits per heavy atom. The van der Waals surface area contributed by atoms with Crippen molar-refractivity contribution in [2.24, 2.45) is 0 Å². The van der Waals surface area contributed by atoms with E-state index in [0.29, 0.717) is 0 Å². The molecule has 0 saturated heterocycles. The number of para-hydroxylation sites is 2. The van der Waals surface area contributed by atoms with Crippen molar-refractivity contribution < 1.29 is 0 Å². The van der Waals surface area contributed by atoms with Crippen LogP contribution in [0.5, 0.6) is 0 Å². The Morgan fingerprint density at radius 1 is 0.260 bits per heavy atom. The minimum atomic E-state index is -0.224. The summed E-state index contributed by atoms with van der Waals surface area (Å²) in [7, 11) is 0. The van der Waals surface area contributed by atoms with Crippen LogP contribution in [0.4, 0.5) is 17.1 Å². The van der Waals surface area contributed by atoms with Crippen molar-refractivity contribution in [3.8, 4) is 89.3 Å². The van der Waals surface area contributed by atoms with Crippen LogP contribution < -0.4 is 4.90 Å². The van der Waals surface area contributed by atoms with Gasteiger partial charge >= 0.3 is 0 Å². The van der Waals surface area contributed by atoms with E-state index < -0.39 is 0 Å². The first kappa shape index (κ1) is 46.1. The Kier molecular flexibility index (Phi) is 10.9. The highest BCUT2D eigenvalue weighted by Crippen LogP contribution is 2.56. The van der Waals surface area contributed by atoms with Crippen molar-refractivity contribution in [2.45, 2.75) is 38.5 Å². The van der Waals surface area contributed by atoms with Gasteiger partial charge in [-0.3, -0.25) is 0 Å². The summed E-state index contributed by atoms with van der Waals surface area (Å²) >= 11 is 0. The van der Waals surface area contributed by atoms with Gasteiger partial charge in [-0.15, -0.1) is 0 Å². The first-order valence-corrected chi connectivity index (χ1v) is 26.8. The molecule has 3 nitrogen and oxygen atoms in total. The van der Waals surface area contributed by atoms with Crippen molar-refractivity contribution >= 4 is 28.1 Å². The number of hydrogen-bond acceptors (Lipinski definition) is 3. The van der Waals surface area contributed by atoms with Crippen LogP contribution in [0.3, 0.4) is 0 Å². The summed E-state index contributed by atoms with van der Waals surface area (Å²) in [5.74, 6) is 0. The molecule has 0 fully saturated rings. The molecule has 0 N–H and O–H groups in total. The van der Waals surface area contributed by atoms with E-state index in [9.17, 15) is 0 Å². The second-order valence-corrected chi connectivity index (χ2v) is 21.6. The highest BCUT2D eigenvalue weighted by atomic mass is 15.1. The maximum absolute atomic E-state index is 6.06. The fraction of sp³-hybridized carbons (Fsp3) is 0.0811. The fourth-order valence-corrected chi connectivity index (χ4v) is 12.7. The molecule has 3 heteroatoms. The zero-order valence-electron chi connectivity index (χ0n) is 43.7. The van der Waals surface area contributed by atoms with Crippen LogP contribution >= 0.6 is 0 Å². The quantitative estimate of drug-likeness (QED) is 0.144. The molecule has 0 radical (unpaired) electrons. The van der Waals surface area contributed by atoms with Gasteiger partial charge in [-0.2, -0.15) is 0 Å². The van der Waals surface area contributed by atoms with Crippen LogP contribution in [-0.2, 0) is 10.8 Å². The zero-order chi connectivity index (χ0) is 51.8. The predicted octanol–water partition coefficient (Wildman–Crippen LogP) is 19.7. The van der Waals surface area contributed by atoms with Gasteiger partial charge in [0.15, 0.2) is 0 Å². The Hall–Kier alpha value is -9.44. The second kappa shape index (κ2) is 18.1. The summed E-state index contributed by atoms with van der Waals surface area (Å²) < 4.78 is 0. The highest BCUT2D eigenvalue weighted by Gasteiger charge is 2.38. The first-order valence-electron chi connectivity index (χ1n) is 26.8. The maximum Gasteiger partial charge on any atom is 0.0986 e.